The van der Waals surface area contributed by atoms with Crippen LogP contribution in [0.1, 0.15) is 89.2 Å². The Morgan fingerprint density at radius 1 is 0.882 bits per heavy atom. The van der Waals surface area contributed by atoms with Gasteiger partial charge in [0.1, 0.15) is 0 Å². The van der Waals surface area contributed by atoms with E-state index in [4.69, 9.17) is 23.2 Å². The molecule has 186 valence electrons. The lowest BCUT2D eigenvalue weighted by molar-refractivity contribution is -0.130. The molecule has 0 aliphatic carbocycles. The molecule has 2 aromatic rings. The first kappa shape index (κ1) is 28.5. The first-order chi connectivity index (χ1) is 16.5. The van der Waals surface area contributed by atoms with Crippen LogP contribution in [-0.2, 0) is 11.2 Å². The molecule has 0 atom stereocenters. The van der Waals surface area contributed by atoms with E-state index >= 15 is 0 Å². The lowest BCUT2D eigenvalue weighted by Crippen LogP contribution is -2.34. The third kappa shape index (κ3) is 11.6. The summed E-state index contributed by atoms with van der Waals surface area (Å²) >= 11 is 12.4. The number of halogens is 2. The molecule has 0 saturated carbocycles. The zero-order valence-electron chi connectivity index (χ0n) is 21.0. The van der Waals surface area contributed by atoms with Crippen molar-refractivity contribution in [3.05, 3.63) is 75.3 Å². The molecule has 4 heteroatoms. The Bertz CT molecular complexity index is 879. The van der Waals surface area contributed by atoms with Crippen LogP contribution in [0.3, 0.4) is 0 Å². The fourth-order valence-electron chi connectivity index (χ4n) is 4.20. The van der Waals surface area contributed by atoms with Crippen molar-refractivity contribution in [1.29, 1.82) is 0 Å². The molecule has 0 aromatic heterocycles. The van der Waals surface area contributed by atoms with Gasteiger partial charge in [-0.15, -0.1) is 0 Å². The van der Waals surface area contributed by atoms with Crippen molar-refractivity contribution >= 4 is 35.2 Å². The number of carbonyl (C=O) groups excluding carboxylic acids is 1. The Morgan fingerprint density at radius 2 is 1.53 bits per heavy atom. The molecule has 34 heavy (non-hydrogen) atoms. The van der Waals surface area contributed by atoms with E-state index in [0.29, 0.717) is 29.6 Å². The largest absolute Gasteiger partial charge is 0.338 e. The maximum absolute atomic E-state index is 13.1. The summed E-state index contributed by atoms with van der Waals surface area (Å²) < 4.78 is 0. The molecule has 1 amide bonds. The molecule has 0 heterocycles. The molecule has 0 radical (unpaired) electrons. The summed E-state index contributed by atoms with van der Waals surface area (Å²) in [5.74, 6) is 0.230. The standard InChI is InChI=1S/C30H41Cl2NO/c1-3-4-5-6-7-8-9-10-14-17-30(34)33(21-20-27-18-19-28(31)23-29(27)32)24-25(2)22-26-15-12-11-13-16-26/h11-13,15-16,18-19,22-23H,3-10,14,17,20-21,24H2,1-2H3/b25-22+. The van der Waals surface area contributed by atoms with Gasteiger partial charge in [0, 0.05) is 29.6 Å². The molecule has 0 aliphatic heterocycles. The van der Waals surface area contributed by atoms with Gasteiger partial charge in [0.25, 0.3) is 0 Å². The maximum Gasteiger partial charge on any atom is 0.222 e. The Morgan fingerprint density at radius 3 is 2.18 bits per heavy atom. The van der Waals surface area contributed by atoms with Crippen LogP contribution in [0.4, 0.5) is 0 Å². The van der Waals surface area contributed by atoms with Crippen LogP contribution in [0, 0.1) is 0 Å². The molecule has 0 aliphatic rings. The smallest absolute Gasteiger partial charge is 0.222 e. The number of amides is 1. The highest BCUT2D eigenvalue weighted by Crippen LogP contribution is 2.22. The predicted octanol–water partition coefficient (Wildman–Crippen LogP) is 9.39. The van der Waals surface area contributed by atoms with Crippen LogP contribution in [-0.4, -0.2) is 23.9 Å². The normalized spacial score (nSPS) is 11.6. The quantitative estimate of drug-likeness (QED) is 0.209. The van der Waals surface area contributed by atoms with E-state index in [0.717, 1.165) is 30.4 Å². The highest BCUT2D eigenvalue weighted by molar-refractivity contribution is 6.35. The molecular formula is C30H41Cl2NO. The molecule has 2 aromatic carbocycles. The fraction of sp³-hybridized carbons (Fsp3) is 0.500. The summed E-state index contributed by atoms with van der Waals surface area (Å²) in [6.07, 6.45) is 14.8. The van der Waals surface area contributed by atoms with Crippen molar-refractivity contribution < 1.29 is 4.79 Å². The van der Waals surface area contributed by atoms with Crippen LogP contribution < -0.4 is 0 Å². The molecule has 2 nitrogen and oxygen atoms in total. The highest BCUT2D eigenvalue weighted by Gasteiger charge is 2.15. The molecule has 0 bridgehead atoms. The van der Waals surface area contributed by atoms with Gasteiger partial charge >= 0.3 is 0 Å². The minimum absolute atomic E-state index is 0.230. The number of hydrogen-bond acceptors (Lipinski definition) is 1. The summed E-state index contributed by atoms with van der Waals surface area (Å²) in [6.45, 7) is 5.64. The van der Waals surface area contributed by atoms with Crippen LogP contribution in [0.15, 0.2) is 54.1 Å². The highest BCUT2D eigenvalue weighted by atomic mass is 35.5. The Kier molecular flexibility index (Phi) is 14.1. The molecular weight excluding hydrogens is 461 g/mol. The van der Waals surface area contributed by atoms with Gasteiger partial charge in [0.05, 0.1) is 0 Å². The van der Waals surface area contributed by atoms with E-state index in [2.05, 4.69) is 32.1 Å². The fourth-order valence-corrected chi connectivity index (χ4v) is 4.70. The van der Waals surface area contributed by atoms with Gasteiger partial charge in [-0.1, -0.05) is 130 Å². The van der Waals surface area contributed by atoms with Crippen molar-refractivity contribution in [2.45, 2.75) is 84.5 Å². The van der Waals surface area contributed by atoms with Gasteiger partial charge in [-0.3, -0.25) is 4.79 Å². The lowest BCUT2D eigenvalue weighted by Gasteiger charge is -2.24. The summed E-state index contributed by atoms with van der Waals surface area (Å²) in [4.78, 5) is 15.1. The maximum atomic E-state index is 13.1. The SMILES string of the molecule is CCCCCCCCCCCC(=O)N(CCc1ccc(Cl)cc1Cl)C/C(C)=C/c1ccccc1. The molecule has 0 N–H and O–H groups in total. The second-order valence-corrected chi connectivity index (χ2v) is 10.1. The Balaban J connectivity index is 1.89. The molecule has 2 rings (SSSR count). The van der Waals surface area contributed by atoms with Crippen molar-refractivity contribution in [3.63, 3.8) is 0 Å². The summed E-state index contributed by atoms with van der Waals surface area (Å²) in [5.41, 5.74) is 3.36. The van der Waals surface area contributed by atoms with Crippen molar-refractivity contribution in [2.24, 2.45) is 0 Å². The van der Waals surface area contributed by atoms with E-state index in [-0.39, 0.29) is 5.91 Å². The molecule has 0 spiro atoms. The third-order valence-corrected chi connectivity index (χ3v) is 6.75. The van der Waals surface area contributed by atoms with Crippen molar-refractivity contribution in [3.8, 4) is 0 Å². The Labute approximate surface area is 217 Å². The number of unbranched alkanes of at least 4 members (excludes halogenated alkanes) is 8. The van der Waals surface area contributed by atoms with Crippen molar-refractivity contribution in [1.82, 2.24) is 4.90 Å². The minimum Gasteiger partial charge on any atom is -0.338 e. The van der Waals surface area contributed by atoms with Gasteiger partial charge in [0.2, 0.25) is 5.91 Å². The van der Waals surface area contributed by atoms with Gasteiger partial charge in [-0.25, -0.2) is 0 Å². The van der Waals surface area contributed by atoms with E-state index in [1.54, 1.807) is 6.07 Å². The lowest BCUT2D eigenvalue weighted by atomic mass is 10.1. The zero-order valence-corrected chi connectivity index (χ0v) is 22.5. The number of nitrogens with zero attached hydrogens (tertiary/aromatic N) is 1. The molecule has 0 saturated heterocycles. The van der Waals surface area contributed by atoms with E-state index in [1.165, 1.54) is 50.5 Å². The van der Waals surface area contributed by atoms with E-state index in [9.17, 15) is 4.79 Å². The third-order valence-electron chi connectivity index (χ3n) is 6.17. The minimum atomic E-state index is 0.230. The Hall–Kier alpha value is -1.77. The van der Waals surface area contributed by atoms with Gasteiger partial charge < -0.3 is 4.90 Å². The predicted molar refractivity (Wildman–Crippen MR) is 149 cm³/mol. The van der Waals surface area contributed by atoms with Crippen LogP contribution >= 0.6 is 23.2 Å². The zero-order chi connectivity index (χ0) is 24.6. The molecule has 0 fully saturated rings. The summed E-state index contributed by atoms with van der Waals surface area (Å²) in [7, 11) is 0. The summed E-state index contributed by atoms with van der Waals surface area (Å²) in [6, 6.07) is 15.9. The van der Waals surface area contributed by atoms with Gasteiger partial charge in [-0.05, 0) is 43.0 Å². The first-order valence-electron chi connectivity index (χ1n) is 12.9. The monoisotopic (exact) mass is 501 g/mol. The van der Waals surface area contributed by atoms with Crippen LogP contribution in [0.2, 0.25) is 10.0 Å². The van der Waals surface area contributed by atoms with E-state index in [1.807, 2.05) is 35.2 Å². The number of hydrogen-bond donors (Lipinski definition) is 0. The topological polar surface area (TPSA) is 20.3 Å². The first-order valence-corrected chi connectivity index (χ1v) is 13.7. The number of rotatable bonds is 16. The number of carbonyl (C=O) groups is 1. The summed E-state index contributed by atoms with van der Waals surface area (Å²) in [5, 5.41) is 1.30. The van der Waals surface area contributed by atoms with Crippen LogP contribution in [0.25, 0.3) is 6.08 Å². The van der Waals surface area contributed by atoms with Gasteiger partial charge in [0.15, 0.2) is 0 Å². The van der Waals surface area contributed by atoms with Gasteiger partial charge in [-0.2, -0.15) is 0 Å². The van der Waals surface area contributed by atoms with E-state index < -0.39 is 0 Å². The average molecular weight is 503 g/mol. The van der Waals surface area contributed by atoms with Crippen molar-refractivity contribution in [2.75, 3.05) is 13.1 Å². The molecule has 0 unspecified atom stereocenters. The number of benzene rings is 2. The second-order valence-electron chi connectivity index (χ2n) is 9.28. The second kappa shape index (κ2) is 16.8. The van der Waals surface area contributed by atoms with Crippen LogP contribution in [0.5, 0.6) is 0 Å². The average Bonchev–Trinajstić information content (AvgIpc) is 2.82.